The first-order valence-electron chi connectivity index (χ1n) is 11.3. The summed E-state index contributed by atoms with van der Waals surface area (Å²) in [7, 11) is -3.20. The molecule has 0 saturated carbocycles. The Hall–Kier alpha value is -3.25. The van der Waals surface area contributed by atoms with E-state index in [0.29, 0.717) is 37.5 Å². The fraction of sp³-hybridized carbons (Fsp3) is 0.391. The molecule has 0 aliphatic carbocycles. The highest BCUT2D eigenvalue weighted by Gasteiger charge is 2.33. The minimum atomic E-state index is -3.20. The summed E-state index contributed by atoms with van der Waals surface area (Å²) < 4.78 is 66.5. The standard InChI is InChI=1S/C23H24F2N4O5S/c24-14-3-4-20(34-15-6-10-33-11-7-15)16(12-14)18-2-1-8-28(18)19-5-9-29-22(21(19)25)17(13-26-29)23(30)27-35(31)32/h3-5,9,12-13,15,18,35H,1-2,6-8,10-11H2,(H,27,30,31,32)/t18-/m1/s1. The van der Waals surface area contributed by atoms with Crippen LogP contribution in [0.1, 0.15) is 47.6 Å². The number of nitrogens with zero attached hydrogens (tertiary/aromatic N) is 3. The predicted molar refractivity (Wildman–Crippen MR) is 123 cm³/mol. The zero-order valence-electron chi connectivity index (χ0n) is 18.7. The van der Waals surface area contributed by atoms with E-state index in [2.05, 4.69) is 5.10 Å². The third kappa shape index (κ3) is 4.67. The van der Waals surface area contributed by atoms with Crippen LogP contribution in [0.3, 0.4) is 0 Å². The first-order chi connectivity index (χ1) is 16.9. The second-order valence-electron chi connectivity index (χ2n) is 8.53. The van der Waals surface area contributed by atoms with Gasteiger partial charge in [-0.15, -0.1) is 0 Å². The largest absolute Gasteiger partial charge is 0.490 e. The fourth-order valence-electron chi connectivity index (χ4n) is 4.80. The lowest BCUT2D eigenvalue weighted by atomic mass is 10.0. The molecule has 1 N–H and O–H groups in total. The van der Waals surface area contributed by atoms with Crippen molar-refractivity contribution < 1.29 is 31.5 Å². The van der Waals surface area contributed by atoms with E-state index >= 15 is 4.39 Å². The second-order valence-corrected chi connectivity index (χ2v) is 9.27. The van der Waals surface area contributed by atoms with E-state index in [1.54, 1.807) is 16.9 Å². The van der Waals surface area contributed by atoms with Crippen LogP contribution in [0.2, 0.25) is 0 Å². The number of pyridine rings is 1. The molecular formula is C23H24F2N4O5S. The van der Waals surface area contributed by atoms with Crippen LogP contribution in [0, 0.1) is 11.6 Å². The van der Waals surface area contributed by atoms with Crippen LogP contribution < -0.4 is 14.4 Å². The number of fused-ring (bicyclic) bond motifs is 1. The summed E-state index contributed by atoms with van der Waals surface area (Å²) >= 11 is 0. The van der Waals surface area contributed by atoms with E-state index < -0.39 is 28.4 Å². The van der Waals surface area contributed by atoms with E-state index in [9.17, 15) is 17.6 Å². The highest BCUT2D eigenvalue weighted by atomic mass is 32.2. The number of nitrogens with one attached hydrogen (secondary N) is 1. The van der Waals surface area contributed by atoms with Crippen LogP contribution in [0.15, 0.2) is 36.7 Å². The zero-order chi connectivity index (χ0) is 24.5. The van der Waals surface area contributed by atoms with Gasteiger partial charge < -0.3 is 14.4 Å². The number of halogens is 2. The molecule has 35 heavy (non-hydrogen) atoms. The van der Waals surface area contributed by atoms with Crippen molar-refractivity contribution >= 4 is 28.0 Å². The maximum atomic E-state index is 15.8. The van der Waals surface area contributed by atoms with Crippen LogP contribution in [0.4, 0.5) is 14.5 Å². The molecule has 2 aliphatic rings. The Morgan fingerprint density at radius 1 is 1.17 bits per heavy atom. The predicted octanol–water partition coefficient (Wildman–Crippen LogP) is 2.77. The number of carbonyl (C=O) groups excluding carboxylic acids is 1. The number of ether oxygens (including phenoxy) is 2. The average molecular weight is 507 g/mol. The number of hydrogen-bond acceptors (Lipinski definition) is 7. The van der Waals surface area contributed by atoms with E-state index in [1.165, 1.54) is 22.8 Å². The second kappa shape index (κ2) is 9.78. The van der Waals surface area contributed by atoms with Crippen molar-refractivity contribution in [2.75, 3.05) is 24.7 Å². The molecule has 2 fully saturated rings. The van der Waals surface area contributed by atoms with Gasteiger partial charge in [0.2, 0.25) is 10.9 Å². The van der Waals surface area contributed by atoms with Gasteiger partial charge in [0.1, 0.15) is 23.2 Å². The first-order valence-corrected chi connectivity index (χ1v) is 12.5. The molecule has 9 nitrogen and oxygen atoms in total. The summed E-state index contributed by atoms with van der Waals surface area (Å²) in [6.45, 7) is 1.71. The molecule has 2 saturated heterocycles. The highest BCUT2D eigenvalue weighted by molar-refractivity contribution is 7.71. The Morgan fingerprint density at radius 2 is 1.97 bits per heavy atom. The molecular weight excluding hydrogens is 482 g/mol. The summed E-state index contributed by atoms with van der Waals surface area (Å²) in [5, 5.41) is 3.96. The summed E-state index contributed by atoms with van der Waals surface area (Å²) in [4.78, 5) is 14.1. The van der Waals surface area contributed by atoms with Gasteiger partial charge >= 0.3 is 0 Å². The van der Waals surface area contributed by atoms with E-state index in [0.717, 1.165) is 25.5 Å². The van der Waals surface area contributed by atoms with Gasteiger partial charge in [0.15, 0.2) is 5.82 Å². The maximum Gasteiger partial charge on any atom is 0.268 e. The van der Waals surface area contributed by atoms with Crippen molar-refractivity contribution in [1.82, 2.24) is 14.3 Å². The number of hydrogen-bond donors (Lipinski definition) is 2. The van der Waals surface area contributed by atoms with Gasteiger partial charge in [-0.3, -0.25) is 9.52 Å². The van der Waals surface area contributed by atoms with Gasteiger partial charge in [-0.25, -0.2) is 21.7 Å². The number of thiol groups is 1. The lowest BCUT2D eigenvalue weighted by Crippen LogP contribution is -2.28. The van der Waals surface area contributed by atoms with Crippen molar-refractivity contribution in [3.63, 3.8) is 0 Å². The smallest absolute Gasteiger partial charge is 0.268 e. The Morgan fingerprint density at radius 3 is 2.74 bits per heavy atom. The number of aromatic nitrogens is 2. The van der Waals surface area contributed by atoms with Crippen molar-refractivity contribution in [3.05, 3.63) is 59.4 Å². The molecule has 2 aliphatic heterocycles. The Kier molecular flexibility index (Phi) is 6.56. The number of carbonyl (C=O) groups is 1. The molecule has 0 radical (unpaired) electrons. The molecule has 1 amide bonds. The minimum absolute atomic E-state index is 0.0451. The molecule has 186 valence electrons. The Labute approximate surface area is 201 Å². The minimum Gasteiger partial charge on any atom is -0.490 e. The molecule has 1 atom stereocenters. The summed E-state index contributed by atoms with van der Waals surface area (Å²) in [6, 6.07) is 5.58. The lowest BCUT2D eigenvalue weighted by molar-refractivity contribution is 0.0250. The van der Waals surface area contributed by atoms with Gasteiger partial charge in [-0.1, -0.05) is 0 Å². The molecule has 3 aromatic rings. The van der Waals surface area contributed by atoms with Crippen LogP contribution in [-0.2, 0) is 15.6 Å². The molecule has 5 rings (SSSR count). The summed E-state index contributed by atoms with van der Waals surface area (Å²) in [6.07, 6.45) is 5.44. The molecule has 4 heterocycles. The molecule has 0 unspecified atom stereocenters. The number of amides is 1. The average Bonchev–Trinajstić information content (AvgIpc) is 3.49. The molecule has 0 bridgehead atoms. The van der Waals surface area contributed by atoms with Gasteiger partial charge in [0.25, 0.3) is 5.91 Å². The van der Waals surface area contributed by atoms with Crippen molar-refractivity contribution in [1.29, 1.82) is 0 Å². The number of benzene rings is 1. The van der Waals surface area contributed by atoms with Crippen LogP contribution in [0.5, 0.6) is 5.75 Å². The number of rotatable bonds is 6. The van der Waals surface area contributed by atoms with Crippen LogP contribution >= 0.6 is 0 Å². The summed E-state index contributed by atoms with van der Waals surface area (Å²) in [5.41, 5.74) is 0.499. The van der Waals surface area contributed by atoms with Gasteiger partial charge in [-0.05, 0) is 37.1 Å². The van der Waals surface area contributed by atoms with Crippen molar-refractivity contribution in [2.45, 2.75) is 37.8 Å². The topological polar surface area (TPSA) is 102 Å². The van der Waals surface area contributed by atoms with Crippen molar-refractivity contribution in [2.24, 2.45) is 0 Å². The highest BCUT2D eigenvalue weighted by Crippen LogP contribution is 2.42. The Bertz CT molecular complexity index is 1330. The Balaban J connectivity index is 1.52. The third-order valence-corrected chi connectivity index (χ3v) is 6.78. The normalized spacial score (nSPS) is 18.9. The van der Waals surface area contributed by atoms with Gasteiger partial charge in [0, 0.05) is 31.1 Å². The molecule has 12 heteroatoms. The third-order valence-electron chi connectivity index (χ3n) is 6.39. The van der Waals surface area contributed by atoms with E-state index in [1.807, 2.05) is 4.90 Å². The van der Waals surface area contributed by atoms with Gasteiger partial charge in [0.05, 0.1) is 36.7 Å². The van der Waals surface area contributed by atoms with Crippen LogP contribution in [0.25, 0.3) is 5.52 Å². The molecule has 1 aromatic carbocycles. The molecule has 2 aromatic heterocycles. The maximum absolute atomic E-state index is 15.8. The SMILES string of the molecule is O=C(N[SH](=O)=O)c1cnn2ccc(N3CCC[C@@H]3c3cc(F)ccc3OC3CCOCC3)c(F)c12. The summed E-state index contributed by atoms with van der Waals surface area (Å²) in [5.74, 6) is -1.54. The van der Waals surface area contributed by atoms with Crippen LogP contribution in [-0.4, -0.2) is 49.8 Å². The van der Waals surface area contributed by atoms with E-state index in [4.69, 9.17) is 9.47 Å². The zero-order valence-corrected chi connectivity index (χ0v) is 19.5. The van der Waals surface area contributed by atoms with Crippen molar-refractivity contribution in [3.8, 4) is 5.75 Å². The number of anilines is 1. The fourth-order valence-corrected chi connectivity index (χ4v) is 5.09. The quantitative estimate of drug-likeness (QED) is 0.496. The lowest BCUT2D eigenvalue weighted by Gasteiger charge is -2.31. The molecule has 0 spiro atoms. The van der Waals surface area contributed by atoms with Gasteiger partial charge in [-0.2, -0.15) is 5.10 Å². The first kappa shape index (κ1) is 23.5. The monoisotopic (exact) mass is 506 g/mol. The van der Waals surface area contributed by atoms with E-state index in [-0.39, 0.29) is 28.9 Å².